The van der Waals surface area contributed by atoms with Crippen molar-refractivity contribution in [3.8, 4) is 22.8 Å². The van der Waals surface area contributed by atoms with Crippen molar-refractivity contribution in [1.29, 1.82) is 0 Å². The van der Waals surface area contributed by atoms with Gasteiger partial charge in [0.05, 0.1) is 5.69 Å². The van der Waals surface area contributed by atoms with Gasteiger partial charge in [-0.2, -0.15) is 0 Å². The number of aryl methyl sites for hydroxylation is 2. The minimum atomic E-state index is 0.569. The molecule has 0 fully saturated rings. The van der Waals surface area contributed by atoms with Gasteiger partial charge in [-0.25, -0.2) is 0 Å². The fourth-order valence-corrected chi connectivity index (χ4v) is 3.48. The normalized spacial score (nSPS) is 12.3. The van der Waals surface area contributed by atoms with Crippen molar-refractivity contribution in [2.45, 2.75) is 19.4 Å². The van der Waals surface area contributed by atoms with Gasteiger partial charge in [0.15, 0.2) is 5.82 Å². The maximum atomic E-state index is 5.99. The molecular formula is C22H18N4O. The highest BCUT2D eigenvalue weighted by atomic mass is 16.5. The number of benzene rings is 2. The molecule has 2 aromatic carbocycles. The van der Waals surface area contributed by atoms with Gasteiger partial charge in [0.25, 0.3) is 0 Å². The Morgan fingerprint density at radius 1 is 0.889 bits per heavy atom. The van der Waals surface area contributed by atoms with Gasteiger partial charge in [-0.15, -0.1) is 10.2 Å². The summed E-state index contributed by atoms with van der Waals surface area (Å²) < 4.78 is 8.14. The molecule has 0 aliphatic carbocycles. The molecule has 0 saturated heterocycles. The number of nitrogens with zero attached hydrogens (tertiary/aromatic N) is 4. The van der Waals surface area contributed by atoms with E-state index in [4.69, 9.17) is 4.74 Å². The van der Waals surface area contributed by atoms with Crippen molar-refractivity contribution in [2.24, 2.45) is 0 Å². The van der Waals surface area contributed by atoms with E-state index in [0.29, 0.717) is 6.61 Å². The molecule has 1 aliphatic rings. The smallest absolute Gasteiger partial charge is 0.168 e. The van der Waals surface area contributed by atoms with E-state index in [-0.39, 0.29) is 0 Å². The van der Waals surface area contributed by atoms with Crippen LogP contribution in [0.4, 0.5) is 0 Å². The van der Waals surface area contributed by atoms with Crippen molar-refractivity contribution < 1.29 is 4.74 Å². The van der Waals surface area contributed by atoms with E-state index in [0.717, 1.165) is 47.1 Å². The summed E-state index contributed by atoms with van der Waals surface area (Å²) in [4.78, 5) is 4.09. The summed E-state index contributed by atoms with van der Waals surface area (Å²) in [6.07, 6.45) is 5.36. The van der Waals surface area contributed by atoms with Gasteiger partial charge in [-0.3, -0.25) is 9.55 Å². The lowest BCUT2D eigenvalue weighted by molar-refractivity contribution is 0.306. The first-order valence-electron chi connectivity index (χ1n) is 9.03. The van der Waals surface area contributed by atoms with Gasteiger partial charge < -0.3 is 4.74 Å². The fraction of sp³-hybridized carbons (Fsp3) is 0.136. The van der Waals surface area contributed by atoms with Crippen molar-refractivity contribution >= 4 is 0 Å². The third-order valence-corrected chi connectivity index (χ3v) is 4.83. The first-order valence-corrected chi connectivity index (χ1v) is 9.03. The van der Waals surface area contributed by atoms with E-state index in [9.17, 15) is 0 Å². The molecule has 0 atom stereocenters. The second-order valence-corrected chi connectivity index (χ2v) is 6.58. The van der Waals surface area contributed by atoms with E-state index < -0.39 is 0 Å². The van der Waals surface area contributed by atoms with Crippen LogP contribution in [0.15, 0.2) is 73.1 Å². The summed E-state index contributed by atoms with van der Waals surface area (Å²) in [6, 6.07) is 20.4. The summed E-state index contributed by atoms with van der Waals surface area (Å²) in [6.45, 7) is 0.569. The highest BCUT2D eigenvalue weighted by molar-refractivity contribution is 5.61. The Kier molecular flexibility index (Phi) is 3.90. The van der Waals surface area contributed by atoms with Crippen molar-refractivity contribution in [2.75, 3.05) is 0 Å². The van der Waals surface area contributed by atoms with Gasteiger partial charge in [0.1, 0.15) is 18.2 Å². The van der Waals surface area contributed by atoms with Gasteiger partial charge in [-0.1, -0.05) is 30.3 Å². The Labute approximate surface area is 157 Å². The molecule has 4 aromatic rings. The molecule has 0 unspecified atom stereocenters. The third-order valence-electron chi connectivity index (χ3n) is 4.83. The number of fused-ring (bicyclic) bond motifs is 3. The molecule has 1 aliphatic heterocycles. The minimum Gasteiger partial charge on any atom is -0.489 e. The molecule has 0 saturated carbocycles. The van der Waals surface area contributed by atoms with Crippen molar-refractivity contribution in [3.63, 3.8) is 0 Å². The van der Waals surface area contributed by atoms with Crippen LogP contribution in [0.3, 0.4) is 0 Å². The molecule has 0 spiro atoms. The van der Waals surface area contributed by atoms with Crippen LogP contribution in [0.25, 0.3) is 17.1 Å². The molecule has 5 rings (SSSR count). The van der Waals surface area contributed by atoms with Crippen molar-refractivity contribution in [3.05, 3.63) is 90.0 Å². The van der Waals surface area contributed by atoms with E-state index in [1.54, 1.807) is 12.4 Å². The average molecular weight is 354 g/mol. The Balaban J connectivity index is 1.47. The lowest BCUT2D eigenvalue weighted by atomic mass is 10.0. The van der Waals surface area contributed by atoms with Crippen LogP contribution in [0.5, 0.6) is 5.75 Å². The third kappa shape index (κ3) is 2.97. The molecule has 0 bridgehead atoms. The number of ether oxygens (including phenoxy) is 1. The summed E-state index contributed by atoms with van der Waals surface area (Å²) in [7, 11) is 0. The molecule has 132 valence electrons. The number of hydrogen-bond acceptors (Lipinski definition) is 4. The molecule has 27 heavy (non-hydrogen) atoms. The second-order valence-electron chi connectivity index (χ2n) is 6.58. The average Bonchev–Trinajstić information content (AvgIpc) is 3.18. The molecule has 3 heterocycles. The van der Waals surface area contributed by atoms with Gasteiger partial charge in [0.2, 0.25) is 0 Å². The van der Waals surface area contributed by atoms with Gasteiger partial charge >= 0.3 is 0 Å². The van der Waals surface area contributed by atoms with Crippen LogP contribution in [0.2, 0.25) is 0 Å². The first kappa shape index (κ1) is 15.8. The number of pyridine rings is 1. The Bertz CT molecular complexity index is 1070. The zero-order chi connectivity index (χ0) is 18.1. The second kappa shape index (κ2) is 6.68. The highest BCUT2D eigenvalue weighted by Gasteiger charge is 2.22. The summed E-state index contributed by atoms with van der Waals surface area (Å²) >= 11 is 0. The predicted molar refractivity (Wildman–Crippen MR) is 103 cm³/mol. The monoisotopic (exact) mass is 354 g/mol. The Morgan fingerprint density at radius 3 is 2.59 bits per heavy atom. The van der Waals surface area contributed by atoms with E-state index in [1.165, 1.54) is 5.56 Å². The molecule has 5 heteroatoms. The zero-order valence-electron chi connectivity index (χ0n) is 14.7. The molecule has 0 N–H and O–H groups in total. The van der Waals surface area contributed by atoms with Gasteiger partial charge in [-0.05, 0) is 47.9 Å². The largest absolute Gasteiger partial charge is 0.489 e. The fourth-order valence-electron chi connectivity index (χ4n) is 3.48. The Morgan fingerprint density at radius 2 is 1.74 bits per heavy atom. The van der Waals surface area contributed by atoms with Crippen LogP contribution in [0, 0.1) is 0 Å². The molecule has 5 nitrogen and oxygen atoms in total. The molecule has 2 aromatic heterocycles. The summed E-state index contributed by atoms with van der Waals surface area (Å²) in [5.41, 5.74) is 4.56. The standard InChI is InChI=1S/C22H18N4O/c1-2-4-16(5-3-1)15-27-19-7-8-20-18(14-19)6-9-21-24-25-22(26(20)21)17-10-12-23-13-11-17/h1-5,7-8,10-14H,6,9,15H2. The van der Waals surface area contributed by atoms with E-state index in [2.05, 4.69) is 44.0 Å². The van der Waals surface area contributed by atoms with Crippen LogP contribution >= 0.6 is 0 Å². The topological polar surface area (TPSA) is 52.8 Å². The predicted octanol–water partition coefficient (Wildman–Crippen LogP) is 4.01. The van der Waals surface area contributed by atoms with Crippen LogP contribution < -0.4 is 4.74 Å². The van der Waals surface area contributed by atoms with E-state index >= 15 is 0 Å². The SMILES string of the molecule is c1ccc(COc2ccc3c(c2)CCc2nnc(-c4ccncc4)n2-3)cc1. The summed E-state index contributed by atoms with van der Waals surface area (Å²) in [5, 5.41) is 8.81. The lowest BCUT2D eigenvalue weighted by Gasteiger charge is -2.20. The minimum absolute atomic E-state index is 0.569. The van der Waals surface area contributed by atoms with Crippen LogP contribution in [-0.2, 0) is 19.4 Å². The molecular weight excluding hydrogens is 336 g/mol. The molecule has 0 amide bonds. The Hall–Kier alpha value is -3.47. The first-order chi connectivity index (χ1) is 13.4. The quantitative estimate of drug-likeness (QED) is 0.556. The van der Waals surface area contributed by atoms with Gasteiger partial charge in [0, 0.05) is 24.4 Å². The van der Waals surface area contributed by atoms with Crippen LogP contribution in [-0.4, -0.2) is 19.7 Å². The highest BCUT2D eigenvalue weighted by Crippen LogP contribution is 2.31. The lowest BCUT2D eigenvalue weighted by Crippen LogP contribution is -2.13. The number of hydrogen-bond donors (Lipinski definition) is 0. The maximum Gasteiger partial charge on any atom is 0.168 e. The number of rotatable bonds is 4. The number of aromatic nitrogens is 4. The van der Waals surface area contributed by atoms with E-state index in [1.807, 2.05) is 36.4 Å². The molecule has 0 radical (unpaired) electrons. The summed E-state index contributed by atoms with van der Waals surface area (Å²) in [5.74, 6) is 2.73. The zero-order valence-corrected chi connectivity index (χ0v) is 14.7. The van der Waals surface area contributed by atoms with Crippen LogP contribution in [0.1, 0.15) is 17.0 Å². The maximum absolute atomic E-state index is 5.99. The van der Waals surface area contributed by atoms with Crippen molar-refractivity contribution in [1.82, 2.24) is 19.7 Å².